The van der Waals surface area contributed by atoms with Gasteiger partial charge >= 0.3 is 0 Å². The van der Waals surface area contributed by atoms with Crippen molar-refractivity contribution in [2.45, 2.75) is 53.0 Å². The van der Waals surface area contributed by atoms with E-state index in [0.29, 0.717) is 5.92 Å². The zero-order chi connectivity index (χ0) is 15.4. The highest BCUT2D eigenvalue weighted by molar-refractivity contribution is 5.43. The van der Waals surface area contributed by atoms with Gasteiger partial charge in [0.05, 0.1) is 12.8 Å². The molecule has 0 saturated carbocycles. The Kier molecular flexibility index (Phi) is 4.99. The lowest BCUT2D eigenvalue weighted by Gasteiger charge is -2.19. The van der Waals surface area contributed by atoms with E-state index in [1.165, 1.54) is 16.7 Å². The highest BCUT2D eigenvalue weighted by Crippen LogP contribution is 2.31. The minimum atomic E-state index is 0.469. The Balaban J connectivity index is 2.26. The van der Waals surface area contributed by atoms with Crippen LogP contribution in [0.2, 0.25) is 0 Å². The number of hydrogen-bond acceptors (Lipinski definition) is 3. The number of methoxy groups -OCH3 is 1. The molecule has 1 aromatic heterocycles. The normalized spacial score (nSPS) is 12.4. The van der Waals surface area contributed by atoms with Gasteiger partial charge in [-0.3, -0.25) is 4.68 Å². The van der Waals surface area contributed by atoms with E-state index < -0.39 is 0 Å². The van der Waals surface area contributed by atoms with Crippen LogP contribution in [0.3, 0.4) is 0 Å². The first kappa shape index (κ1) is 15.5. The van der Waals surface area contributed by atoms with Crippen LogP contribution in [0, 0.1) is 13.8 Å². The molecule has 0 aliphatic heterocycles. The zero-order valence-electron chi connectivity index (χ0n) is 13.7. The monoisotopic (exact) mass is 287 g/mol. The highest BCUT2D eigenvalue weighted by atomic mass is 16.5. The third-order valence-electron chi connectivity index (χ3n) is 4.08. The van der Waals surface area contributed by atoms with E-state index in [2.05, 4.69) is 50.1 Å². The maximum absolute atomic E-state index is 5.40. The second kappa shape index (κ2) is 6.74. The van der Waals surface area contributed by atoms with Gasteiger partial charge in [0.15, 0.2) is 0 Å². The molecule has 1 heterocycles. The summed E-state index contributed by atoms with van der Waals surface area (Å²) in [4.78, 5) is 0. The largest absolute Gasteiger partial charge is 0.496 e. The first-order chi connectivity index (χ1) is 10.1. The SMILES string of the molecule is CCC(Cc1cn(CC)nn1)c1cc(C)c(OC)cc1C. The van der Waals surface area contributed by atoms with Crippen molar-refractivity contribution in [1.29, 1.82) is 0 Å². The molecule has 0 aliphatic rings. The average molecular weight is 287 g/mol. The van der Waals surface area contributed by atoms with E-state index in [0.717, 1.165) is 30.8 Å². The molecule has 21 heavy (non-hydrogen) atoms. The molecule has 0 N–H and O–H groups in total. The zero-order valence-corrected chi connectivity index (χ0v) is 13.7. The molecule has 4 heteroatoms. The molecule has 0 radical (unpaired) electrons. The first-order valence-electron chi connectivity index (χ1n) is 7.63. The molecule has 0 amide bonds. The van der Waals surface area contributed by atoms with E-state index in [1.54, 1.807) is 7.11 Å². The summed E-state index contributed by atoms with van der Waals surface area (Å²) in [6, 6.07) is 4.39. The Morgan fingerprint density at radius 3 is 2.52 bits per heavy atom. The number of aryl methyl sites for hydroxylation is 3. The van der Waals surface area contributed by atoms with E-state index >= 15 is 0 Å². The molecule has 0 saturated heterocycles. The Hall–Kier alpha value is -1.84. The number of ether oxygens (including phenoxy) is 1. The van der Waals surface area contributed by atoms with Crippen LogP contribution in [0.4, 0.5) is 0 Å². The molecule has 0 spiro atoms. The van der Waals surface area contributed by atoms with Gasteiger partial charge in [-0.1, -0.05) is 18.2 Å². The maximum Gasteiger partial charge on any atom is 0.122 e. The van der Waals surface area contributed by atoms with Gasteiger partial charge in [-0.15, -0.1) is 5.10 Å². The molecular formula is C17H25N3O. The summed E-state index contributed by atoms with van der Waals surface area (Å²) < 4.78 is 7.29. The molecule has 0 fully saturated rings. The molecule has 1 aromatic carbocycles. The van der Waals surface area contributed by atoms with Crippen LogP contribution < -0.4 is 4.74 Å². The van der Waals surface area contributed by atoms with E-state index in [-0.39, 0.29) is 0 Å². The van der Waals surface area contributed by atoms with Crippen LogP contribution in [-0.2, 0) is 13.0 Å². The van der Waals surface area contributed by atoms with Crippen LogP contribution >= 0.6 is 0 Å². The molecule has 4 nitrogen and oxygen atoms in total. The van der Waals surface area contributed by atoms with E-state index in [1.807, 2.05) is 10.9 Å². The maximum atomic E-state index is 5.40. The van der Waals surface area contributed by atoms with Crippen LogP contribution in [0.15, 0.2) is 18.3 Å². The minimum absolute atomic E-state index is 0.469. The molecule has 0 aliphatic carbocycles. The number of aromatic nitrogens is 3. The molecule has 1 atom stereocenters. The Morgan fingerprint density at radius 2 is 1.95 bits per heavy atom. The lowest BCUT2D eigenvalue weighted by Crippen LogP contribution is -2.05. The summed E-state index contributed by atoms with van der Waals surface area (Å²) >= 11 is 0. The van der Waals surface area contributed by atoms with Gasteiger partial charge < -0.3 is 4.74 Å². The number of nitrogens with zero attached hydrogens (tertiary/aromatic N) is 3. The predicted molar refractivity (Wildman–Crippen MR) is 84.9 cm³/mol. The molecule has 2 aromatic rings. The van der Waals surface area contributed by atoms with Gasteiger partial charge in [0, 0.05) is 12.7 Å². The van der Waals surface area contributed by atoms with Crippen molar-refractivity contribution >= 4 is 0 Å². The van der Waals surface area contributed by atoms with Crippen molar-refractivity contribution in [3.05, 3.63) is 40.7 Å². The number of benzene rings is 1. The third-order valence-corrected chi connectivity index (χ3v) is 4.08. The molecule has 1 unspecified atom stereocenters. The second-order valence-corrected chi connectivity index (χ2v) is 5.55. The van der Waals surface area contributed by atoms with Crippen molar-refractivity contribution in [3.8, 4) is 5.75 Å². The van der Waals surface area contributed by atoms with Gasteiger partial charge in [-0.2, -0.15) is 0 Å². The van der Waals surface area contributed by atoms with Crippen LogP contribution in [0.25, 0.3) is 0 Å². The van der Waals surface area contributed by atoms with Crippen LogP contribution in [-0.4, -0.2) is 22.1 Å². The highest BCUT2D eigenvalue weighted by Gasteiger charge is 2.16. The van der Waals surface area contributed by atoms with E-state index in [4.69, 9.17) is 4.74 Å². The topological polar surface area (TPSA) is 39.9 Å². The molecule has 114 valence electrons. The van der Waals surface area contributed by atoms with Crippen molar-refractivity contribution in [2.24, 2.45) is 0 Å². The Morgan fingerprint density at radius 1 is 1.19 bits per heavy atom. The second-order valence-electron chi connectivity index (χ2n) is 5.55. The molecular weight excluding hydrogens is 262 g/mol. The standard InChI is InChI=1S/C17H25N3O/c1-6-14(10-15-11-20(7-2)19-18-15)16-8-13(4)17(21-5)9-12(16)3/h8-9,11,14H,6-7,10H2,1-5H3. The number of hydrogen-bond donors (Lipinski definition) is 0. The minimum Gasteiger partial charge on any atom is -0.496 e. The third kappa shape index (κ3) is 3.43. The lowest BCUT2D eigenvalue weighted by atomic mass is 9.87. The predicted octanol–water partition coefficient (Wildman–Crippen LogP) is 3.66. The smallest absolute Gasteiger partial charge is 0.122 e. The van der Waals surface area contributed by atoms with Crippen molar-refractivity contribution < 1.29 is 4.74 Å². The summed E-state index contributed by atoms with van der Waals surface area (Å²) in [5.41, 5.74) is 4.93. The lowest BCUT2D eigenvalue weighted by molar-refractivity contribution is 0.411. The molecule has 0 bridgehead atoms. The Labute approximate surface area is 127 Å². The van der Waals surface area contributed by atoms with Gasteiger partial charge in [-0.05, 0) is 62.3 Å². The summed E-state index contributed by atoms with van der Waals surface area (Å²) in [6.45, 7) is 9.43. The summed E-state index contributed by atoms with van der Waals surface area (Å²) in [5, 5.41) is 8.40. The van der Waals surface area contributed by atoms with Gasteiger partial charge in [0.2, 0.25) is 0 Å². The average Bonchev–Trinajstić information content (AvgIpc) is 2.94. The summed E-state index contributed by atoms with van der Waals surface area (Å²) in [5.74, 6) is 1.43. The van der Waals surface area contributed by atoms with Crippen molar-refractivity contribution in [2.75, 3.05) is 7.11 Å². The first-order valence-corrected chi connectivity index (χ1v) is 7.63. The van der Waals surface area contributed by atoms with E-state index in [9.17, 15) is 0 Å². The van der Waals surface area contributed by atoms with Gasteiger partial charge in [0.1, 0.15) is 5.75 Å². The fraction of sp³-hybridized carbons (Fsp3) is 0.529. The summed E-state index contributed by atoms with van der Waals surface area (Å²) in [6.07, 6.45) is 4.07. The van der Waals surface area contributed by atoms with Gasteiger partial charge in [0.25, 0.3) is 0 Å². The fourth-order valence-electron chi connectivity index (χ4n) is 2.79. The van der Waals surface area contributed by atoms with Crippen LogP contribution in [0.1, 0.15) is 48.6 Å². The summed E-state index contributed by atoms with van der Waals surface area (Å²) in [7, 11) is 1.72. The van der Waals surface area contributed by atoms with Crippen LogP contribution in [0.5, 0.6) is 5.75 Å². The quantitative estimate of drug-likeness (QED) is 0.814. The number of rotatable bonds is 6. The van der Waals surface area contributed by atoms with Crippen molar-refractivity contribution in [3.63, 3.8) is 0 Å². The Bertz CT molecular complexity index is 604. The van der Waals surface area contributed by atoms with Gasteiger partial charge in [-0.25, -0.2) is 0 Å². The van der Waals surface area contributed by atoms with Crippen molar-refractivity contribution in [1.82, 2.24) is 15.0 Å². The fourth-order valence-corrected chi connectivity index (χ4v) is 2.79. The molecule has 2 rings (SSSR count).